The van der Waals surface area contributed by atoms with Crippen LogP contribution in [0.2, 0.25) is 0 Å². The molecule has 112 valence electrons. The highest BCUT2D eigenvalue weighted by molar-refractivity contribution is 5.31. The van der Waals surface area contributed by atoms with Crippen LogP contribution in [0, 0.1) is 17.2 Å². The molecule has 0 aromatic heterocycles. The number of halogens is 1. The Morgan fingerprint density at radius 3 is 2.60 bits per heavy atom. The highest BCUT2D eigenvalue weighted by Gasteiger charge is 2.33. The summed E-state index contributed by atoms with van der Waals surface area (Å²) in [6.07, 6.45) is 3.28. The van der Waals surface area contributed by atoms with Crippen molar-refractivity contribution in [3.05, 3.63) is 29.6 Å². The maximum absolute atomic E-state index is 14.1. The maximum Gasteiger partial charge on any atom is 0.165 e. The summed E-state index contributed by atoms with van der Waals surface area (Å²) >= 11 is 0. The minimum Gasteiger partial charge on any atom is -0.487 e. The average molecular weight is 279 g/mol. The molecule has 0 radical (unpaired) electrons. The molecule has 1 aliphatic carbocycles. The summed E-state index contributed by atoms with van der Waals surface area (Å²) in [6, 6.07) is 4.88. The van der Waals surface area contributed by atoms with Gasteiger partial charge in [-0.3, -0.25) is 0 Å². The fourth-order valence-electron chi connectivity index (χ4n) is 3.42. The molecule has 0 heterocycles. The Labute approximate surface area is 121 Å². The predicted molar refractivity (Wildman–Crippen MR) is 80.2 cm³/mol. The molecule has 2 rings (SSSR count). The van der Waals surface area contributed by atoms with Crippen molar-refractivity contribution in [1.29, 1.82) is 0 Å². The summed E-state index contributed by atoms with van der Waals surface area (Å²) < 4.78 is 20.0. The molecule has 2 N–H and O–H groups in total. The molecular formula is C17H26FNO. The van der Waals surface area contributed by atoms with Gasteiger partial charge in [-0.15, -0.1) is 0 Å². The van der Waals surface area contributed by atoms with Gasteiger partial charge in [0.15, 0.2) is 11.6 Å². The number of hydrogen-bond acceptors (Lipinski definition) is 2. The van der Waals surface area contributed by atoms with Crippen molar-refractivity contribution >= 4 is 0 Å². The molecule has 3 heteroatoms. The second kappa shape index (κ2) is 5.72. The quantitative estimate of drug-likeness (QED) is 0.887. The predicted octanol–water partition coefficient (Wildman–Crippen LogP) is 4.44. The second-order valence-electron chi connectivity index (χ2n) is 7.13. The molecule has 2 nitrogen and oxygen atoms in total. The SMILES string of the molecule is CC1CC(Oc2ccc(C(C)N)cc2F)CC(C)(C)C1. The van der Waals surface area contributed by atoms with E-state index in [0.717, 1.165) is 18.4 Å². The zero-order chi connectivity index (χ0) is 14.9. The molecule has 0 aliphatic heterocycles. The molecule has 1 aliphatic rings. The van der Waals surface area contributed by atoms with Gasteiger partial charge in [0.2, 0.25) is 0 Å². The van der Waals surface area contributed by atoms with Crippen LogP contribution in [0.3, 0.4) is 0 Å². The Hall–Kier alpha value is -1.09. The molecule has 1 aromatic carbocycles. The summed E-state index contributed by atoms with van der Waals surface area (Å²) in [5.74, 6) is 0.662. The van der Waals surface area contributed by atoms with Crippen molar-refractivity contribution < 1.29 is 9.13 Å². The Morgan fingerprint density at radius 2 is 2.05 bits per heavy atom. The number of benzene rings is 1. The highest BCUT2D eigenvalue weighted by Crippen LogP contribution is 2.40. The minimum atomic E-state index is -0.309. The zero-order valence-corrected chi connectivity index (χ0v) is 12.9. The first kappa shape index (κ1) is 15.3. The molecule has 0 amide bonds. The molecule has 1 saturated carbocycles. The molecular weight excluding hydrogens is 253 g/mol. The van der Waals surface area contributed by atoms with Crippen molar-refractivity contribution in [2.45, 2.75) is 59.1 Å². The van der Waals surface area contributed by atoms with Crippen molar-refractivity contribution in [2.75, 3.05) is 0 Å². The average Bonchev–Trinajstić information content (AvgIpc) is 2.28. The van der Waals surface area contributed by atoms with Crippen LogP contribution in [-0.2, 0) is 0 Å². The van der Waals surface area contributed by atoms with Gasteiger partial charge in [0.05, 0.1) is 6.10 Å². The van der Waals surface area contributed by atoms with Crippen LogP contribution in [0.1, 0.15) is 58.6 Å². The first-order valence-corrected chi connectivity index (χ1v) is 7.48. The van der Waals surface area contributed by atoms with Gasteiger partial charge in [0, 0.05) is 6.04 Å². The lowest BCUT2D eigenvalue weighted by Crippen LogP contribution is -2.34. The van der Waals surface area contributed by atoms with Gasteiger partial charge in [-0.2, -0.15) is 0 Å². The van der Waals surface area contributed by atoms with Crippen LogP contribution < -0.4 is 10.5 Å². The Kier molecular flexibility index (Phi) is 4.38. The third-order valence-corrected chi connectivity index (χ3v) is 4.12. The fourth-order valence-corrected chi connectivity index (χ4v) is 3.42. The maximum atomic E-state index is 14.1. The van der Waals surface area contributed by atoms with Gasteiger partial charge >= 0.3 is 0 Å². The number of hydrogen-bond donors (Lipinski definition) is 1. The highest BCUT2D eigenvalue weighted by atomic mass is 19.1. The fraction of sp³-hybridized carbons (Fsp3) is 0.647. The van der Waals surface area contributed by atoms with Gasteiger partial charge in [-0.05, 0) is 55.2 Å². The van der Waals surface area contributed by atoms with Crippen LogP contribution in [0.15, 0.2) is 18.2 Å². The lowest BCUT2D eigenvalue weighted by atomic mass is 9.71. The van der Waals surface area contributed by atoms with Gasteiger partial charge in [-0.25, -0.2) is 4.39 Å². The van der Waals surface area contributed by atoms with E-state index >= 15 is 0 Å². The van der Waals surface area contributed by atoms with E-state index in [4.69, 9.17) is 10.5 Å². The standard InChI is InChI=1S/C17H26FNO/c1-11-7-14(10-17(3,4)9-11)20-16-6-5-13(12(2)19)8-15(16)18/h5-6,8,11-12,14H,7,9-10,19H2,1-4H3. The lowest BCUT2D eigenvalue weighted by molar-refractivity contribution is 0.0536. The van der Waals surface area contributed by atoms with E-state index in [-0.39, 0.29) is 23.4 Å². The Bertz CT molecular complexity index is 470. The first-order valence-electron chi connectivity index (χ1n) is 7.48. The van der Waals surface area contributed by atoms with E-state index in [1.807, 2.05) is 13.0 Å². The molecule has 0 bridgehead atoms. The normalized spacial score (nSPS) is 27.1. The van der Waals surface area contributed by atoms with E-state index in [9.17, 15) is 4.39 Å². The monoisotopic (exact) mass is 279 g/mol. The third kappa shape index (κ3) is 3.72. The van der Waals surface area contributed by atoms with Gasteiger partial charge in [-0.1, -0.05) is 26.8 Å². The molecule has 3 atom stereocenters. The van der Waals surface area contributed by atoms with E-state index in [1.165, 1.54) is 12.5 Å². The summed E-state index contributed by atoms with van der Waals surface area (Å²) in [5, 5.41) is 0. The summed E-state index contributed by atoms with van der Waals surface area (Å²) in [7, 11) is 0. The minimum absolute atomic E-state index is 0.101. The van der Waals surface area contributed by atoms with Crippen molar-refractivity contribution in [3.8, 4) is 5.75 Å². The third-order valence-electron chi connectivity index (χ3n) is 4.12. The number of ether oxygens (including phenoxy) is 1. The van der Waals surface area contributed by atoms with E-state index in [2.05, 4.69) is 20.8 Å². The van der Waals surface area contributed by atoms with Gasteiger partial charge in [0.1, 0.15) is 0 Å². The van der Waals surface area contributed by atoms with Gasteiger partial charge < -0.3 is 10.5 Å². The van der Waals surface area contributed by atoms with E-state index in [0.29, 0.717) is 11.7 Å². The molecule has 1 aromatic rings. The second-order valence-corrected chi connectivity index (χ2v) is 7.13. The van der Waals surface area contributed by atoms with Crippen LogP contribution in [0.25, 0.3) is 0 Å². The summed E-state index contributed by atoms with van der Waals surface area (Å²) in [4.78, 5) is 0. The van der Waals surface area contributed by atoms with E-state index < -0.39 is 0 Å². The molecule has 1 fully saturated rings. The topological polar surface area (TPSA) is 35.2 Å². The van der Waals surface area contributed by atoms with Crippen LogP contribution >= 0.6 is 0 Å². The van der Waals surface area contributed by atoms with Crippen LogP contribution in [-0.4, -0.2) is 6.10 Å². The van der Waals surface area contributed by atoms with Gasteiger partial charge in [0.25, 0.3) is 0 Å². The summed E-state index contributed by atoms with van der Waals surface area (Å²) in [6.45, 7) is 8.61. The molecule has 0 spiro atoms. The van der Waals surface area contributed by atoms with Crippen molar-refractivity contribution in [3.63, 3.8) is 0 Å². The lowest BCUT2D eigenvalue weighted by Gasteiger charge is -2.38. The Morgan fingerprint density at radius 1 is 1.35 bits per heavy atom. The molecule has 0 saturated heterocycles. The number of nitrogens with two attached hydrogens (primary N) is 1. The van der Waals surface area contributed by atoms with E-state index in [1.54, 1.807) is 6.07 Å². The molecule has 20 heavy (non-hydrogen) atoms. The van der Waals surface area contributed by atoms with Crippen LogP contribution in [0.4, 0.5) is 4.39 Å². The zero-order valence-electron chi connectivity index (χ0n) is 12.9. The van der Waals surface area contributed by atoms with Crippen molar-refractivity contribution in [2.24, 2.45) is 17.1 Å². The van der Waals surface area contributed by atoms with Crippen LogP contribution in [0.5, 0.6) is 5.75 Å². The van der Waals surface area contributed by atoms with Crippen molar-refractivity contribution in [1.82, 2.24) is 0 Å². The molecule has 3 unspecified atom stereocenters. The number of rotatable bonds is 3. The Balaban J connectivity index is 2.10. The summed E-state index contributed by atoms with van der Waals surface area (Å²) in [5.41, 5.74) is 6.83. The first-order chi connectivity index (χ1) is 9.27. The smallest absolute Gasteiger partial charge is 0.165 e. The largest absolute Gasteiger partial charge is 0.487 e.